The van der Waals surface area contributed by atoms with E-state index in [0.29, 0.717) is 6.54 Å². The molecule has 2 N–H and O–H groups in total. The van der Waals surface area contributed by atoms with Crippen molar-refractivity contribution in [1.82, 2.24) is 4.90 Å². The summed E-state index contributed by atoms with van der Waals surface area (Å²) in [5.74, 6) is -0.445. The van der Waals surface area contributed by atoms with Crippen molar-refractivity contribution in [3.05, 3.63) is 30.1 Å². The van der Waals surface area contributed by atoms with Gasteiger partial charge in [-0.3, -0.25) is 0 Å². The number of aliphatic hydroxyl groups excluding tert-OH is 1. The van der Waals surface area contributed by atoms with E-state index in [1.807, 2.05) is 0 Å². The fraction of sp³-hybridized carbons (Fsp3) is 0.462. The second-order valence-corrected chi connectivity index (χ2v) is 4.12. The summed E-state index contributed by atoms with van der Waals surface area (Å²) in [7, 11) is 1.66. The second kappa shape index (κ2) is 7.66. The SMILES string of the molecule is CN(CCCCCO)C(=O)Nc1ccccc1F. The van der Waals surface area contributed by atoms with Gasteiger partial charge in [0, 0.05) is 20.2 Å². The Morgan fingerprint density at radius 2 is 2.06 bits per heavy atom. The van der Waals surface area contributed by atoms with Crippen LogP contribution in [0.25, 0.3) is 0 Å². The highest BCUT2D eigenvalue weighted by Crippen LogP contribution is 2.12. The zero-order chi connectivity index (χ0) is 13.4. The van der Waals surface area contributed by atoms with E-state index < -0.39 is 5.82 Å². The molecular formula is C13H19FN2O2. The lowest BCUT2D eigenvalue weighted by Crippen LogP contribution is -2.32. The number of anilines is 1. The molecule has 0 bridgehead atoms. The van der Waals surface area contributed by atoms with E-state index >= 15 is 0 Å². The minimum atomic E-state index is -0.445. The normalized spacial score (nSPS) is 10.2. The maximum absolute atomic E-state index is 13.3. The zero-order valence-corrected chi connectivity index (χ0v) is 10.5. The molecule has 2 amide bonds. The zero-order valence-electron chi connectivity index (χ0n) is 10.5. The lowest BCUT2D eigenvalue weighted by Gasteiger charge is -2.18. The molecule has 1 rings (SSSR count). The highest BCUT2D eigenvalue weighted by Gasteiger charge is 2.10. The third-order valence-corrected chi connectivity index (χ3v) is 2.61. The fourth-order valence-corrected chi connectivity index (χ4v) is 1.51. The summed E-state index contributed by atoms with van der Waals surface area (Å²) >= 11 is 0. The van der Waals surface area contributed by atoms with Crippen molar-refractivity contribution in [3.8, 4) is 0 Å². The molecule has 0 saturated carbocycles. The summed E-state index contributed by atoms with van der Waals surface area (Å²) < 4.78 is 13.3. The van der Waals surface area contributed by atoms with Crippen LogP contribution in [0, 0.1) is 5.82 Å². The third kappa shape index (κ3) is 4.71. The van der Waals surface area contributed by atoms with Gasteiger partial charge in [0.25, 0.3) is 0 Å². The molecule has 0 aliphatic rings. The summed E-state index contributed by atoms with van der Waals surface area (Å²) in [6.45, 7) is 0.755. The first-order chi connectivity index (χ1) is 8.65. The monoisotopic (exact) mass is 254 g/mol. The number of aliphatic hydroxyl groups is 1. The Bertz CT molecular complexity index is 385. The van der Waals surface area contributed by atoms with Crippen molar-refractivity contribution in [2.45, 2.75) is 19.3 Å². The molecule has 100 valence electrons. The van der Waals surface area contributed by atoms with Crippen LogP contribution in [-0.2, 0) is 0 Å². The van der Waals surface area contributed by atoms with Gasteiger partial charge >= 0.3 is 6.03 Å². The molecule has 18 heavy (non-hydrogen) atoms. The minimum absolute atomic E-state index is 0.172. The number of rotatable bonds is 6. The van der Waals surface area contributed by atoms with Gasteiger partial charge in [0.1, 0.15) is 5.82 Å². The van der Waals surface area contributed by atoms with Crippen molar-refractivity contribution in [2.24, 2.45) is 0 Å². The molecular weight excluding hydrogens is 235 g/mol. The Balaban J connectivity index is 2.38. The Morgan fingerprint density at radius 1 is 1.33 bits per heavy atom. The average molecular weight is 254 g/mol. The largest absolute Gasteiger partial charge is 0.396 e. The van der Waals surface area contributed by atoms with Crippen LogP contribution in [0.4, 0.5) is 14.9 Å². The maximum Gasteiger partial charge on any atom is 0.321 e. The number of carbonyl (C=O) groups excluding carboxylic acids is 1. The van der Waals surface area contributed by atoms with E-state index in [1.165, 1.54) is 17.0 Å². The summed E-state index contributed by atoms with van der Waals surface area (Å²) in [6.07, 6.45) is 2.43. The van der Waals surface area contributed by atoms with Gasteiger partial charge in [-0.2, -0.15) is 0 Å². The van der Waals surface area contributed by atoms with Crippen LogP contribution in [0.5, 0.6) is 0 Å². The van der Waals surface area contributed by atoms with Crippen LogP contribution in [0.15, 0.2) is 24.3 Å². The van der Waals surface area contributed by atoms with E-state index in [0.717, 1.165) is 19.3 Å². The number of urea groups is 1. The first-order valence-corrected chi connectivity index (χ1v) is 6.02. The number of hydrogen-bond donors (Lipinski definition) is 2. The summed E-state index contributed by atoms with van der Waals surface area (Å²) in [5, 5.41) is 11.1. The molecule has 4 nitrogen and oxygen atoms in total. The summed E-state index contributed by atoms with van der Waals surface area (Å²) in [6, 6.07) is 5.73. The number of carbonyl (C=O) groups is 1. The third-order valence-electron chi connectivity index (χ3n) is 2.61. The number of amides is 2. The van der Waals surface area contributed by atoms with E-state index in [2.05, 4.69) is 5.32 Å². The van der Waals surface area contributed by atoms with Crippen LogP contribution in [0.2, 0.25) is 0 Å². The molecule has 0 saturated heterocycles. The molecule has 0 aromatic heterocycles. The smallest absolute Gasteiger partial charge is 0.321 e. The molecule has 1 aromatic rings. The standard InChI is InChI=1S/C13H19FN2O2/c1-16(9-5-2-6-10-17)13(18)15-12-8-4-3-7-11(12)14/h3-4,7-8,17H,2,5-6,9-10H2,1H3,(H,15,18). The number of para-hydroxylation sites is 1. The molecule has 1 aromatic carbocycles. The van der Waals surface area contributed by atoms with E-state index in [4.69, 9.17) is 5.11 Å². The van der Waals surface area contributed by atoms with Gasteiger partial charge in [0.15, 0.2) is 0 Å². The Labute approximate surface area is 106 Å². The molecule has 0 radical (unpaired) electrons. The molecule has 5 heteroatoms. The number of hydrogen-bond acceptors (Lipinski definition) is 2. The first-order valence-electron chi connectivity index (χ1n) is 6.02. The highest BCUT2D eigenvalue weighted by molar-refractivity contribution is 5.89. The van der Waals surface area contributed by atoms with E-state index in [1.54, 1.807) is 19.2 Å². The Hall–Kier alpha value is -1.62. The fourth-order valence-electron chi connectivity index (χ4n) is 1.51. The van der Waals surface area contributed by atoms with Crippen LogP contribution in [0.3, 0.4) is 0 Å². The number of nitrogens with zero attached hydrogens (tertiary/aromatic N) is 1. The van der Waals surface area contributed by atoms with Gasteiger partial charge in [0.05, 0.1) is 5.69 Å². The van der Waals surface area contributed by atoms with Gasteiger partial charge < -0.3 is 15.3 Å². The van der Waals surface area contributed by atoms with Gasteiger partial charge in [0.2, 0.25) is 0 Å². The predicted molar refractivity (Wildman–Crippen MR) is 69.0 cm³/mol. The summed E-state index contributed by atoms with van der Waals surface area (Å²) in [4.78, 5) is 13.2. The number of unbranched alkanes of at least 4 members (excludes halogenated alkanes) is 2. The van der Waals surface area contributed by atoms with Crippen molar-refractivity contribution in [1.29, 1.82) is 0 Å². The lowest BCUT2D eigenvalue weighted by atomic mass is 10.2. The quantitative estimate of drug-likeness (QED) is 0.766. The topological polar surface area (TPSA) is 52.6 Å². The molecule has 0 aliphatic carbocycles. The van der Waals surface area contributed by atoms with Gasteiger partial charge in [-0.05, 0) is 31.4 Å². The Kier molecular flexibility index (Phi) is 6.14. The molecule has 0 heterocycles. The number of halogens is 1. The number of nitrogens with one attached hydrogen (secondary N) is 1. The van der Waals surface area contributed by atoms with Crippen LogP contribution < -0.4 is 5.32 Å². The van der Waals surface area contributed by atoms with Gasteiger partial charge in [-0.1, -0.05) is 12.1 Å². The maximum atomic E-state index is 13.3. The molecule has 0 aliphatic heterocycles. The van der Waals surface area contributed by atoms with Gasteiger partial charge in [-0.25, -0.2) is 9.18 Å². The molecule has 0 fully saturated rings. The molecule has 0 unspecified atom stereocenters. The first kappa shape index (κ1) is 14.4. The van der Waals surface area contributed by atoms with Crippen molar-refractivity contribution in [2.75, 3.05) is 25.5 Å². The van der Waals surface area contributed by atoms with Gasteiger partial charge in [-0.15, -0.1) is 0 Å². The highest BCUT2D eigenvalue weighted by atomic mass is 19.1. The Morgan fingerprint density at radius 3 is 2.72 bits per heavy atom. The summed E-state index contributed by atoms with van der Waals surface area (Å²) in [5.41, 5.74) is 0.185. The lowest BCUT2D eigenvalue weighted by molar-refractivity contribution is 0.220. The molecule has 0 spiro atoms. The van der Waals surface area contributed by atoms with E-state index in [9.17, 15) is 9.18 Å². The van der Waals surface area contributed by atoms with Crippen LogP contribution in [0.1, 0.15) is 19.3 Å². The van der Waals surface area contributed by atoms with Crippen molar-refractivity contribution in [3.63, 3.8) is 0 Å². The molecule has 0 atom stereocenters. The number of benzene rings is 1. The second-order valence-electron chi connectivity index (χ2n) is 4.12. The minimum Gasteiger partial charge on any atom is -0.396 e. The van der Waals surface area contributed by atoms with Crippen LogP contribution >= 0.6 is 0 Å². The van der Waals surface area contributed by atoms with E-state index in [-0.39, 0.29) is 18.3 Å². The average Bonchev–Trinajstić information content (AvgIpc) is 2.37. The van der Waals surface area contributed by atoms with Crippen molar-refractivity contribution < 1.29 is 14.3 Å². The van der Waals surface area contributed by atoms with Crippen molar-refractivity contribution >= 4 is 11.7 Å². The predicted octanol–water partition coefficient (Wildman–Crippen LogP) is 2.45. The van der Waals surface area contributed by atoms with Crippen LogP contribution in [-0.4, -0.2) is 36.2 Å².